The van der Waals surface area contributed by atoms with Gasteiger partial charge in [-0.1, -0.05) is 20.8 Å². The van der Waals surface area contributed by atoms with E-state index in [-0.39, 0.29) is 11.5 Å². The highest BCUT2D eigenvalue weighted by Gasteiger charge is 2.21. The number of nitrogens with one attached hydrogen (secondary N) is 1. The van der Waals surface area contributed by atoms with Crippen molar-refractivity contribution in [1.82, 2.24) is 15.1 Å². The third-order valence-electron chi connectivity index (χ3n) is 2.41. The van der Waals surface area contributed by atoms with Gasteiger partial charge in [-0.2, -0.15) is 5.10 Å². The molecule has 1 unspecified atom stereocenters. The second kappa shape index (κ2) is 4.77. The quantitative estimate of drug-likeness (QED) is 0.778. The summed E-state index contributed by atoms with van der Waals surface area (Å²) in [6.45, 7) is 7.38. The van der Waals surface area contributed by atoms with Gasteiger partial charge in [-0.15, -0.1) is 0 Å². The van der Waals surface area contributed by atoms with E-state index in [9.17, 15) is 5.11 Å². The number of nitrogens with zero attached hydrogens (tertiary/aromatic N) is 2. The normalized spacial score (nSPS) is 14.2. The number of aliphatic hydroxyl groups excluding tert-OH is 1. The first-order chi connectivity index (χ1) is 6.89. The molecule has 0 saturated carbocycles. The van der Waals surface area contributed by atoms with Crippen LogP contribution < -0.4 is 5.32 Å². The molecule has 1 aromatic rings. The molecule has 0 fully saturated rings. The molecule has 0 radical (unpaired) electrons. The first kappa shape index (κ1) is 12.2. The molecule has 1 atom stereocenters. The maximum atomic E-state index is 9.78. The van der Waals surface area contributed by atoms with Gasteiger partial charge in [0.05, 0.1) is 11.8 Å². The predicted octanol–water partition coefficient (Wildman–Crippen LogP) is 0.917. The maximum Gasteiger partial charge on any atom is 0.0762 e. The summed E-state index contributed by atoms with van der Waals surface area (Å²) in [6.07, 6.45) is 1.58. The van der Waals surface area contributed by atoms with E-state index in [0.717, 1.165) is 5.69 Å². The second-order valence-corrected chi connectivity index (χ2v) is 4.99. The molecule has 0 bridgehead atoms. The van der Waals surface area contributed by atoms with Crippen LogP contribution in [0.4, 0.5) is 0 Å². The van der Waals surface area contributed by atoms with Crippen LogP contribution >= 0.6 is 0 Å². The van der Waals surface area contributed by atoms with E-state index in [4.69, 9.17) is 0 Å². The molecule has 1 rings (SSSR count). The van der Waals surface area contributed by atoms with Crippen molar-refractivity contribution in [3.8, 4) is 0 Å². The van der Waals surface area contributed by atoms with Gasteiger partial charge < -0.3 is 10.4 Å². The SMILES string of the molecule is Cn1ccc(CNCC(O)C(C)(C)C)n1. The molecule has 1 aromatic heterocycles. The molecule has 0 spiro atoms. The van der Waals surface area contributed by atoms with Gasteiger partial charge in [-0.3, -0.25) is 4.68 Å². The summed E-state index contributed by atoms with van der Waals surface area (Å²) in [5.41, 5.74) is 0.926. The largest absolute Gasteiger partial charge is 0.391 e. The molecule has 4 nitrogen and oxygen atoms in total. The van der Waals surface area contributed by atoms with E-state index in [1.807, 2.05) is 40.1 Å². The number of aliphatic hydroxyl groups is 1. The fourth-order valence-electron chi connectivity index (χ4n) is 1.20. The number of hydrogen-bond donors (Lipinski definition) is 2. The van der Waals surface area contributed by atoms with Crippen LogP contribution in [-0.2, 0) is 13.6 Å². The van der Waals surface area contributed by atoms with Crippen molar-refractivity contribution in [2.45, 2.75) is 33.4 Å². The average molecular weight is 211 g/mol. The molecule has 15 heavy (non-hydrogen) atoms. The lowest BCUT2D eigenvalue weighted by Crippen LogP contribution is -2.36. The van der Waals surface area contributed by atoms with Crippen molar-refractivity contribution in [3.63, 3.8) is 0 Å². The molecule has 0 aliphatic rings. The van der Waals surface area contributed by atoms with Crippen LogP contribution in [0.25, 0.3) is 0 Å². The summed E-state index contributed by atoms with van der Waals surface area (Å²) in [7, 11) is 1.90. The zero-order valence-corrected chi connectivity index (χ0v) is 9.99. The van der Waals surface area contributed by atoms with Gasteiger partial charge in [-0.25, -0.2) is 0 Å². The first-order valence-electron chi connectivity index (χ1n) is 5.27. The Morgan fingerprint density at radius 2 is 2.20 bits per heavy atom. The molecule has 4 heteroatoms. The van der Waals surface area contributed by atoms with Gasteiger partial charge in [0.15, 0.2) is 0 Å². The molecule has 0 aliphatic carbocycles. The molecule has 0 saturated heterocycles. The molecular formula is C11H21N3O. The van der Waals surface area contributed by atoms with Gasteiger partial charge >= 0.3 is 0 Å². The van der Waals surface area contributed by atoms with Gasteiger partial charge in [0, 0.05) is 26.3 Å². The average Bonchev–Trinajstić information content (AvgIpc) is 2.49. The fourth-order valence-corrected chi connectivity index (χ4v) is 1.20. The van der Waals surface area contributed by atoms with E-state index in [1.54, 1.807) is 4.68 Å². The zero-order valence-electron chi connectivity index (χ0n) is 9.99. The van der Waals surface area contributed by atoms with Crippen molar-refractivity contribution in [3.05, 3.63) is 18.0 Å². The zero-order chi connectivity index (χ0) is 11.5. The van der Waals surface area contributed by atoms with Gasteiger partial charge in [-0.05, 0) is 11.5 Å². The Labute approximate surface area is 91.3 Å². The minimum absolute atomic E-state index is 0.0723. The molecule has 2 N–H and O–H groups in total. The summed E-state index contributed by atoms with van der Waals surface area (Å²) in [4.78, 5) is 0. The topological polar surface area (TPSA) is 50.1 Å². The van der Waals surface area contributed by atoms with Gasteiger partial charge in [0.2, 0.25) is 0 Å². The standard InChI is InChI=1S/C11H21N3O/c1-11(2,3)10(15)8-12-7-9-5-6-14(4)13-9/h5-6,10,12,15H,7-8H2,1-4H3. The lowest BCUT2D eigenvalue weighted by Gasteiger charge is -2.25. The Morgan fingerprint density at radius 1 is 1.53 bits per heavy atom. The number of rotatable bonds is 4. The predicted molar refractivity (Wildman–Crippen MR) is 60.4 cm³/mol. The van der Waals surface area contributed by atoms with Crippen molar-refractivity contribution in [2.75, 3.05) is 6.54 Å². The maximum absolute atomic E-state index is 9.78. The van der Waals surface area contributed by atoms with Crippen LogP contribution in [0.2, 0.25) is 0 Å². The molecule has 1 heterocycles. The number of hydrogen-bond acceptors (Lipinski definition) is 3. The third-order valence-corrected chi connectivity index (χ3v) is 2.41. The monoisotopic (exact) mass is 211 g/mol. The van der Waals surface area contributed by atoms with E-state index in [2.05, 4.69) is 10.4 Å². The van der Waals surface area contributed by atoms with Crippen molar-refractivity contribution >= 4 is 0 Å². The van der Waals surface area contributed by atoms with Gasteiger partial charge in [0.1, 0.15) is 0 Å². The molecule has 0 aromatic carbocycles. The minimum atomic E-state index is -0.332. The number of aryl methyl sites for hydroxylation is 1. The van der Waals surface area contributed by atoms with Gasteiger partial charge in [0.25, 0.3) is 0 Å². The molecular weight excluding hydrogens is 190 g/mol. The lowest BCUT2D eigenvalue weighted by molar-refractivity contribution is 0.0627. The van der Waals surface area contributed by atoms with Crippen LogP contribution in [0.1, 0.15) is 26.5 Å². The van der Waals surface area contributed by atoms with Crippen LogP contribution in [0.3, 0.4) is 0 Å². The van der Waals surface area contributed by atoms with Crippen molar-refractivity contribution in [1.29, 1.82) is 0 Å². The van der Waals surface area contributed by atoms with E-state index in [1.165, 1.54) is 0 Å². The Hall–Kier alpha value is -0.870. The summed E-state index contributed by atoms with van der Waals surface area (Å²) in [6, 6.07) is 1.97. The second-order valence-electron chi connectivity index (χ2n) is 4.99. The fraction of sp³-hybridized carbons (Fsp3) is 0.727. The van der Waals surface area contributed by atoms with E-state index < -0.39 is 0 Å². The molecule has 86 valence electrons. The summed E-state index contributed by atoms with van der Waals surface area (Å²) in [5.74, 6) is 0. The molecule has 0 amide bonds. The highest BCUT2D eigenvalue weighted by Crippen LogP contribution is 2.18. The summed E-state index contributed by atoms with van der Waals surface area (Å²) < 4.78 is 1.78. The Bertz CT molecular complexity index is 301. The highest BCUT2D eigenvalue weighted by atomic mass is 16.3. The van der Waals surface area contributed by atoms with Crippen LogP contribution in [0.15, 0.2) is 12.3 Å². The van der Waals surface area contributed by atoms with E-state index in [0.29, 0.717) is 13.1 Å². The molecule has 0 aliphatic heterocycles. The Balaban J connectivity index is 2.28. The summed E-state index contributed by atoms with van der Waals surface area (Å²) in [5, 5.41) is 17.2. The van der Waals surface area contributed by atoms with Crippen molar-refractivity contribution in [2.24, 2.45) is 12.5 Å². The Morgan fingerprint density at radius 3 is 2.67 bits per heavy atom. The third kappa shape index (κ3) is 4.01. The van der Waals surface area contributed by atoms with E-state index >= 15 is 0 Å². The van der Waals surface area contributed by atoms with Crippen LogP contribution in [0, 0.1) is 5.41 Å². The van der Waals surface area contributed by atoms with Crippen molar-refractivity contribution < 1.29 is 5.11 Å². The number of aromatic nitrogens is 2. The minimum Gasteiger partial charge on any atom is -0.391 e. The summed E-state index contributed by atoms with van der Waals surface area (Å²) >= 11 is 0. The van der Waals surface area contributed by atoms with Crippen LogP contribution in [-0.4, -0.2) is 27.5 Å². The smallest absolute Gasteiger partial charge is 0.0762 e. The highest BCUT2D eigenvalue weighted by molar-refractivity contribution is 4.98. The first-order valence-corrected chi connectivity index (χ1v) is 5.27. The van der Waals surface area contributed by atoms with Crippen LogP contribution in [0.5, 0.6) is 0 Å². The Kier molecular flexibility index (Phi) is 3.88. The lowest BCUT2D eigenvalue weighted by atomic mass is 9.89.